The first kappa shape index (κ1) is 10.5. The molecule has 1 aliphatic rings. The summed E-state index contributed by atoms with van der Waals surface area (Å²) in [6, 6.07) is 5.66. The van der Waals surface area contributed by atoms with Gasteiger partial charge in [0.2, 0.25) is 0 Å². The van der Waals surface area contributed by atoms with Crippen molar-refractivity contribution in [1.29, 1.82) is 0 Å². The van der Waals surface area contributed by atoms with Gasteiger partial charge in [0, 0.05) is 22.1 Å². The topological polar surface area (TPSA) is 43.1 Å². The maximum absolute atomic E-state index is 11.0. The van der Waals surface area contributed by atoms with Crippen molar-refractivity contribution in [3.8, 4) is 10.4 Å². The van der Waals surface area contributed by atoms with Crippen LogP contribution in [0.4, 0.5) is 5.69 Å². The number of hydrogen-bond acceptors (Lipinski definition) is 3. The Morgan fingerprint density at radius 3 is 2.76 bits per heavy atom. The molecule has 1 aromatic carbocycles. The fourth-order valence-corrected chi connectivity index (χ4v) is 3.59. The van der Waals surface area contributed by atoms with E-state index in [9.17, 15) is 10.1 Å². The van der Waals surface area contributed by atoms with Gasteiger partial charge >= 0.3 is 0 Å². The predicted molar refractivity (Wildman–Crippen MR) is 68.6 cm³/mol. The van der Waals surface area contributed by atoms with Gasteiger partial charge in [0.1, 0.15) is 0 Å². The lowest BCUT2D eigenvalue weighted by atomic mass is 9.88. The van der Waals surface area contributed by atoms with Crippen molar-refractivity contribution in [2.75, 3.05) is 0 Å². The Bertz CT molecular complexity index is 616. The zero-order valence-electron chi connectivity index (χ0n) is 9.40. The molecule has 0 fully saturated rings. The minimum atomic E-state index is -0.294. The SMILES string of the molecule is Cc1c([N+](=O)[O-])ccc2c1-c1sccc1CC2. The molecule has 0 unspecified atom stereocenters. The van der Waals surface area contributed by atoms with Gasteiger partial charge in [-0.15, -0.1) is 11.3 Å². The summed E-state index contributed by atoms with van der Waals surface area (Å²) in [5.41, 5.74) is 4.69. The van der Waals surface area contributed by atoms with Crippen LogP contribution in [0.1, 0.15) is 16.7 Å². The van der Waals surface area contributed by atoms with Crippen molar-refractivity contribution in [1.82, 2.24) is 0 Å². The molecule has 4 heteroatoms. The van der Waals surface area contributed by atoms with Crippen molar-refractivity contribution in [3.05, 3.63) is 50.4 Å². The third kappa shape index (κ3) is 1.48. The van der Waals surface area contributed by atoms with E-state index in [0.29, 0.717) is 0 Å². The molecule has 2 aromatic rings. The quantitative estimate of drug-likeness (QED) is 0.567. The van der Waals surface area contributed by atoms with Crippen molar-refractivity contribution >= 4 is 17.0 Å². The Hall–Kier alpha value is -1.68. The Labute approximate surface area is 103 Å². The van der Waals surface area contributed by atoms with Gasteiger partial charge in [-0.3, -0.25) is 10.1 Å². The standard InChI is InChI=1S/C13H11NO2S/c1-8-11(14(15)16)5-4-9-2-3-10-6-7-17-13(10)12(8)9/h4-7H,2-3H2,1H3. The molecule has 0 aliphatic heterocycles. The van der Waals surface area contributed by atoms with Crippen LogP contribution in [0.25, 0.3) is 10.4 Å². The van der Waals surface area contributed by atoms with Crippen molar-refractivity contribution in [2.24, 2.45) is 0 Å². The molecule has 0 bridgehead atoms. The molecule has 1 aliphatic carbocycles. The fourth-order valence-electron chi connectivity index (χ4n) is 2.50. The first-order chi connectivity index (χ1) is 8.18. The van der Waals surface area contributed by atoms with Gasteiger partial charge in [-0.05, 0) is 42.3 Å². The number of nitro groups is 1. The largest absolute Gasteiger partial charge is 0.272 e. The average molecular weight is 245 g/mol. The maximum Gasteiger partial charge on any atom is 0.272 e. The molecular weight excluding hydrogens is 234 g/mol. The molecule has 0 atom stereocenters. The second-order valence-corrected chi connectivity index (χ2v) is 5.19. The van der Waals surface area contributed by atoms with E-state index in [1.54, 1.807) is 17.4 Å². The summed E-state index contributed by atoms with van der Waals surface area (Å²) in [7, 11) is 0. The third-order valence-corrected chi connectivity index (χ3v) is 4.33. The Balaban J connectivity index is 2.31. The number of nitrogens with zero attached hydrogens (tertiary/aromatic N) is 1. The highest BCUT2D eigenvalue weighted by Crippen LogP contribution is 2.41. The van der Waals surface area contributed by atoms with Crippen molar-refractivity contribution in [2.45, 2.75) is 19.8 Å². The van der Waals surface area contributed by atoms with Gasteiger partial charge in [-0.2, -0.15) is 0 Å². The molecule has 0 radical (unpaired) electrons. The number of rotatable bonds is 1. The summed E-state index contributed by atoms with van der Waals surface area (Å²) in [6.07, 6.45) is 2.03. The van der Waals surface area contributed by atoms with E-state index in [4.69, 9.17) is 0 Å². The van der Waals surface area contributed by atoms with E-state index >= 15 is 0 Å². The number of thiophene rings is 1. The Morgan fingerprint density at radius 2 is 2.00 bits per heavy atom. The third-order valence-electron chi connectivity index (χ3n) is 3.36. The number of benzene rings is 1. The summed E-state index contributed by atoms with van der Waals surface area (Å²) in [6.45, 7) is 1.85. The minimum absolute atomic E-state index is 0.227. The Morgan fingerprint density at radius 1 is 1.24 bits per heavy atom. The minimum Gasteiger partial charge on any atom is -0.258 e. The highest BCUT2D eigenvalue weighted by atomic mass is 32.1. The van der Waals surface area contributed by atoms with Crippen LogP contribution in [-0.2, 0) is 12.8 Å². The van der Waals surface area contributed by atoms with Crippen molar-refractivity contribution < 1.29 is 4.92 Å². The average Bonchev–Trinajstić information content (AvgIpc) is 2.76. The molecule has 1 aromatic heterocycles. The van der Waals surface area contributed by atoms with Crippen LogP contribution in [0, 0.1) is 17.0 Å². The molecule has 0 spiro atoms. The molecule has 1 heterocycles. The number of fused-ring (bicyclic) bond motifs is 3. The zero-order valence-corrected chi connectivity index (χ0v) is 10.2. The number of hydrogen-bond donors (Lipinski definition) is 0. The predicted octanol–water partition coefficient (Wildman–Crippen LogP) is 3.73. The highest BCUT2D eigenvalue weighted by molar-refractivity contribution is 7.13. The first-order valence-corrected chi connectivity index (χ1v) is 6.40. The molecule has 0 amide bonds. The van der Waals surface area contributed by atoms with E-state index in [1.165, 1.54) is 16.0 Å². The molecule has 0 saturated carbocycles. The lowest BCUT2D eigenvalue weighted by molar-refractivity contribution is -0.385. The summed E-state index contributed by atoms with van der Waals surface area (Å²) < 4.78 is 0. The van der Waals surface area contributed by atoms with Gasteiger partial charge in [0.05, 0.1) is 4.92 Å². The smallest absolute Gasteiger partial charge is 0.258 e. The van der Waals surface area contributed by atoms with Gasteiger partial charge in [-0.1, -0.05) is 6.07 Å². The summed E-state index contributed by atoms with van der Waals surface area (Å²) >= 11 is 1.68. The molecule has 0 saturated heterocycles. The summed E-state index contributed by atoms with van der Waals surface area (Å²) in [4.78, 5) is 11.9. The van der Waals surface area contributed by atoms with Gasteiger partial charge in [0.15, 0.2) is 0 Å². The monoisotopic (exact) mass is 245 g/mol. The van der Waals surface area contributed by atoms with Crippen LogP contribution in [-0.4, -0.2) is 4.92 Å². The number of nitro benzene ring substituents is 1. The van der Waals surface area contributed by atoms with Crippen LogP contribution in [0.5, 0.6) is 0 Å². The van der Waals surface area contributed by atoms with Crippen LogP contribution in [0.15, 0.2) is 23.6 Å². The first-order valence-electron chi connectivity index (χ1n) is 5.52. The van der Waals surface area contributed by atoms with Crippen molar-refractivity contribution in [3.63, 3.8) is 0 Å². The van der Waals surface area contributed by atoms with E-state index in [2.05, 4.69) is 11.4 Å². The molecule has 0 N–H and O–H groups in total. The molecular formula is C13H11NO2S. The van der Waals surface area contributed by atoms with E-state index < -0.39 is 0 Å². The van der Waals surface area contributed by atoms with Gasteiger partial charge in [-0.25, -0.2) is 0 Å². The van der Waals surface area contributed by atoms with Gasteiger partial charge in [0.25, 0.3) is 5.69 Å². The van der Waals surface area contributed by atoms with E-state index in [0.717, 1.165) is 24.0 Å². The lowest BCUT2D eigenvalue weighted by Gasteiger charge is -2.18. The normalized spacial score (nSPS) is 13.0. The molecule has 86 valence electrons. The maximum atomic E-state index is 11.0. The highest BCUT2D eigenvalue weighted by Gasteiger charge is 2.23. The second kappa shape index (κ2) is 3.67. The second-order valence-electron chi connectivity index (χ2n) is 4.28. The molecule has 3 rings (SSSR count). The van der Waals surface area contributed by atoms with E-state index in [1.807, 2.05) is 13.0 Å². The lowest BCUT2D eigenvalue weighted by Crippen LogP contribution is -2.04. The van der Waals surface area contributed by atoms with E-state index in [-0.39, 0.29) is 10.6 Å². The molecule has 17 heavy (non-hydrogen) atoms. The van der Waals surface area contributed by atoms with Crippen LogP contribution < -0.4 is 0 Å². The number of aryl methyl sites for hydroxylation is 2. The van der Waals surface area contributed by atoms with Crippen LogP contribution >= 0.6 is 11.3 Å². The zero-order chi connectivity index (χ0) is 12.0. The van der Waals surface area contributed by atoms with Crippen LogP contribution in [0.3, 0.4) is 0 Å². The van der Waals surface area contributed by atoms with Crippen LogP contribution in [0.2, 0.25) is 0 Å². The van der Waals surface area contributed by atoms with Gasteiger partial charge < -0.3 is 0 Å². The Kier molecular flexibility index (Phi) is 2.26. The fraction of sp³-hybridized carbons (Fsp3) is 0.231. The summed E-state index contributed by atoms with van der Waals surface area (Å²) in [5, 5.41) is 13.0. The summed E-state index contributed by atoms with van der Waals surface area (Å²) in [5.74, 6) is 0. The molecule has 3 nitrogen and oxygen atoms in total.